The predicted molar refractivity (Wildman–Crippen MR) is 129 cm³/mol. The molecule has 3 N–H and O–H groups in total. The van der Waals surface area contributed by atoms with Gasteiger partial charge in [-0.15, -0.1) is 0 Å². The van der Waals surface area contributed by atoms with Crippen LogP contribution in [-0.4, -0.2) is 11.5 Å². The van der Waals surface area contributed by atoms with Gasteiger partial charge in [0.25, 0.3) is 0 Å². The van der Waals surface area contributed by atoms with Gasteiger partial charge in [-0.2, -0.15) is 0 Å². The Bertz CT molecular complexity index is 748. The maximum atomic E-state index is 6.15. The van der Waals surface area contributed by atoms with Crippen molar-refractivity contribution in [1.82, 2.24) is 4.98 Å². The first-order chi connectivity index (χ1) is 14.0. The minimum Gasteiger partial charge on any atom is -0.361 e. The standard InChI is InChI=1S/C27H46N2/c1-6-10-16-26-24(17-18-29-26)23(25-19-21(25)7-2)15-13-11-12-14-22(20-28)27(5,8-3)9-4/h7,16-18,22,25,29H,6,8-15,19-20,28H2,1-5H3/b21-7+,24-23-,26-16-/t22-,25?/m1/s1. The summed E-state index contributed by atoms with van der Waals surface area (Å²) in [4.78, 5) is 3.48. The van der Waals surface area contributed by atoms with Gasteiger partial charge in [-0.1, -0.05) is 83.1 Å². The van der Waals surface area contributed by atoms with Crippen LogP contribution in [0.5, 0.6) is 0 Å². The molecule has 1 aliphatic rings. The maximum absolute atomic E-state index is 6.15. The van der Waals surface area contributed by atoms with Gasteiger partial charge < -0.3 is 10.7 Å². The molecular weight excluding hydrogens is 352 g/mol. The molecule has 0 radical (unpaired) electrons. The van der Waals surface area contributed by atoms with E-state index in [2.05, 4.69) is 64.0 Å². The number of hydrogen-bond acceptors (Lipinski definition) is 1. The molecule has 0 aliphatic heterocycles. The Balaban J connectivity index is 2.01. The average Bonchev–Trinajstić information content (AvgIpc) is 3.39. The second kappa shape index (κ2) is 11.8. The average molecular weight is 399 g/mol. The third-order valence-electron chi connectivity index (χ3n) is 7.66. The summed E-state index contributed by atoms with van der Waals surface area (Å²) in [5.41, 5.74) is 9.87. The van der Waals surface area contributed by atoms with Crippen LogP contribution in [0, 0.1) is 17.3 Å². The van der Waals surface area contributed by atoms with Gasteiger partial charge in [-0.25, -0.2) is 0 Å². The summed E-state index contributed by atoms with van der Waals surface area (Å²) in [7, 11) is 0. The number of aromatic nitrogens is 1. The van der Waals surface area contributed by atoms with Crippen molar-refractivity contribution in [1.29, 1.82) is 0 Å². The summed E-state index contributed by atoms with van der Waals surface area (Å²) in [6.45, 7) is 12.4. The summed E-state index contributed by atoms with van der Waals surface area (Å²) >= 11 is 0. The molecule has 1 heterocycles. The molecule has 2 nitrogen and oxygen atoms in total. The molecule has 1 aliphatic carbocycles. The van der Waals surface area contributed by atoms with E-state index in [4.69, 9.17) is 5.73 Å². The van der Waals surface area contributed by atoms with E-state index >= 15 is 0 Å². The molecule has 164 valence electrons. The summed E-state index contributed by atoms with van der Waals surface area (Å²) in [6.07, 6.45) is 19.4. The fourth-order valence-corrected chi connectivity index (χ4v) is 4.92. The summed E-state index contributed by atoms with van der Waals surface area (Å²) in [5, 5.41) is 2.82. The van der Waals surface area contributed by atoms with E-state index in [0.717, 1.165) is 13.0 Å². The fraction of sp³-hybridized carbons (Fsp3) is 0.704. The van der Waals surface area contributed by atoms with E-state index in [1.54, 1.807) is 11.1 Å². The van der Waals surface area contributed by atoms with Crippen LogP contribution in [0.3, 0.4) is 0 Å². The summed E-state index contributed by atoms with van der Waals surface area (Å²) < 4.78 is 0. The van der Waals surface area contributed by atoms with E-state index in [0.29, 0.717) is 17.3 Å². The first-order valence-corrected chi connectivity index (χ1v) is 12.3. The van der Waals surface area contributed by atoms with Crippen LogP contribution in [-0.2, 0) is 0 Å². The molecule has 1 saturated carbocycles. The van der Waals surface area contributed by atoms with Crippen LogP contribution < -0.4 is 16.3 Å². The van der Waals surface area contributed by atoms with Crippen molar-refractivity contribution in [2.45, 2.75) is 98.8 Å². The van der Waals surface area contributed by atoms with E-state index in [-0.39, 0.29) is 0 Å². The van der Waals surface area contributed by atoms with Gasteiger partial charge in [-0.3, -0.25) is 0 Å². The molecule has 1 fully saturated rings. The zero-order valence-corrected chi connectivity index (χ0v) is 19.8. The number of allylic oxidation sites excluding steroid dienone is 2. The van der Waals surface area contributed by atoms with Crippen molar-refractivity contribution in [2.75, 3.05) is 6.54 Å². The van der Waals surface area contributed by atoms with Crippen LogP contribution in [0.15, 0.2) is 23.9 Å². The Kier molecular flexibility index (Phi) is 9.75. The maximum Gasteiger partial charge on any atom is 0.0413 e. The monoisotopic (exact) mass is 398 g/mol. The largest absolute Gasteiger partial charge is 0.361 e. The van der Waals surface area contributed by atoms with Gasteiger partial charge >= 0.3 is 0 Å². The van der Waals surface area contributed by atoms with Crippen molar-refractivity contribution in [3.8, 4) is 0 Å². The van der Waals surface area contributed by atoms with Crippen LogP contribution >= 0.6 is 0 Å². The lowest BCUT2D eigenvalue weighted by molar-refractivity contribution is 0.160. The first kappa shape index (κ1) is 24.0. The van der Waals surface area contributed by atoms with Crippen LogP contribution in [0.2, 0.25) is 0 Å². The number of nitrogens with two attached hydrogens (primary N) is 1. The van der Waals surface area contributed by atoms with Crippen molar-refractivity contribution in [3.05, 3.63) is 34.5 Å². The van der Waals surface area contributed by atoms with Crippen molar-refractivity contribution < 1.29 is 0 Å². The molecule has 2 atom stereocenters. The van der Waals surface area contributed by atoms with E-state index < -0.39 is 0 Å². The Morgan fingerprint density at radius 2 is 2.00 bits per heavy atom. The minimum atomic E-state index is 0.413. The van der Waals surface area contributed by atoms with Gasteiger partial charge in [-0.05, 0) is 68.2 Å². The smallest absolute Gasteiger partial charge is 0.0413 e. The Labute approximate surface area is 179 Å². The lowest BCUT2D eigenvalue weighted by Gasteiger charge is -2.36. The summed E-state index contributed by atoms with van der Waals surface area (Å²) in [5.74, 6) is 1.36. The van der Waals surface area contributed by atoms with Crippen LogP contribution in [0.4, 0.5) is 0 Å². The molecular formula is C27H46N2. The number of hydrogen-bond donors (Lipinski definition) is 2. The Morgan fingerprint density at radius 3 is 2.59 bits per heavy atom. The number of aromatic amines is 1. The van der Waals surface area contributed by atoms with Gasteiger partial charge in [0.15, 0.2) is 0 Å². The highest BCUT2D eigenvalue weighted by Gasteiger charge is 2.32. The highest BCUT2D eigenvalue weighted by molar-refractivity contribution is 5.59. The molecule has 1 aromatic heterocycles. The van der Waals surface area contributed by atoms with Gasteiger partial charge in [0.2, 0.25) is 0 Å². The molecule has 0 bridgehead atoms. The molecule has 2 rings (SSSR count). The molecule has 1 unspecified atom stereocenters. The normalized spacial score (nSPS) is 21.0. The zero-order chi connectivity index (χ0) is 21.3. The zero-order valence-electron chi connectivity index (χ0n) is 19.8. The molecule has 29 heavy (non-hydrogen) atoms. The minimum absolute atomic E-state index is 0.413. The van der Waals surface area contributed by atoms with Crippen molar-refractivity contribution >= 4 is 11.6 Å². The molecule has 2 heteroatoms. The molecule has 0 saturated heterocycles. The fourth-order valence-electron chi connectivity index (χ4n) is 4.92. The topological polar surface area (TPSA) is 41.8 Å². The first-order valence-electron chi connectivity index (χ1n) is 12.3. The third kappa shape index (κ3) is 6.35. The Morgan fingerprint density at radius 1 is 1.24 bits per heavy atom. The highest BCUT2D eigenvalue weighted by atomic mass is 14.6. The lowest BCUT2D eigenvalue weighted by Crippen LogP contribution is -2.32. The van der Waals surface area contributed by atoms with E-state index in [1.807, 2.05) is 0 Å². The number of H-pyrrole nitrogens is 1. The van der Waals surface area contributed by atoms with Crippen molar-refractivity contribution in [3.63, 3.8) is 0 Å². The molecule has 0 amide bonds. The van der Waals surface area contributed by atoms with Gasteiger partial charge in [0.05, 0.1) is 0 Å². The Hall–Kier alpha value is -1.28. The molecule has 1 aromatic rings. The number of rotatable bonds is 13. The number of unbranched alkanes of at least 4 members (excludes halogenated alkanes) is 3. The van der Waals surface area contributed by atoms with Crippen LogP contribution in [0.25, 0.3) is 11.6 Å². The molecule has 0 aromatic carbocycles. The predicted octanol–water partition coefficient (Wildman–Crippen LogP) is 6.06. The number of nitrogens with one attached hydrogen (secondary N) is 1. The second-order valence-corrected chi connectivity index (χ2v) is 9.34. The quantitative estimate of drug-likeness (QED) is 0.307. The SMILES string of the molecule is C/C=C1\CC1/C(CCCCC[C@H](CN)C(C)(CC)CC)=c1/cc[nH]/c1=C\CCC. The molecule has 0 spiro atoms. The lowest BCUT2D eigenvalue weighted by atomic mass is 9.71. The third-order valence-corrected chi connectivity index (χ3v) is 7.66. The van der Waals surface area contributed by atoms with E-state index in [9.17, 15) is 0 Å². The van der Waals surface area contributed by atoms with Crippen LogP contribution in [0.1, 0.15) is 98.8 Å². The van der Waals surface area contributed by atoms with Crippen molar-refractivity contribution in [2.24, 2.45) is 23.0 Å². The van der Waals surface area contributed by atoms with Gasteiger partial charge in [0.1, 0.15) is 0 Å². The second-order valence-electron chi connectivity index (χ2n) is 9.34. The van der Waals surface area contributed by atoms with Gasteiger partial charge in [0, 0.05) is 17.5 Å². The highest BCUT2D eigenvalue weighted by Crippen LogP contribution is 2.45. The van der Waals surface area contributed by atoms with E-state index in [1.165, 1.54) is 68.4 Å². The summed E-state index contributed by atoms with van der Waals surface area (Å²) in [6, 6.07) is 2.31.